The van der Waals surface area contributed by atoms with E-state index >= 15 is 0 Å². The Morgan fingerprint density at radius 3 is 2.48 bits per heavy atom. The Hall–Kier alpha value is -2.42. The Kier molecular flexibility index (Phi) is 8.63. The summed E-state index contributed by atoms with van der Waals surface area (Å²) in [5.74, 6) is 1.62. The van der Waals surface area contributed by atoms with Gasteiger partial charge in [-0.3, -0.25) is 0 Å². The maximum atomic E-state index is 4.68. The summed E-state index contributed by atoms with van der Waals surface area (Å²) in [6.45, 7) is 10.3. The van der Waals surface area contributed by atoms with Gasteiger partial charge in [-0.15, -0.1) is 24.0 Å². The monoisotopic (exact) mass is 504 g/mol. The van der Waals surface area contributed by atoms with Crippen LogP contribution in [0.3, 0.4) is 0 Å². The van der Waals surface area contributed by atoms with Gasteiger partial charge < -0.3 is 10.6 Å². The number of aromatic nitrogens is 3. The van der Waals surface area contributed by atoms with Crippen molar-refractivity contribution < 1.29 is 0 Å². The van der Waals surface area contributed by atoms with Crippen molar-refractivity contribution in [2.75, 3.05) is 6.54 Å². The fraction of sp³-hybridized carbons (Fsp3) is 0.318. The van der Waals surface area contributed by atoms with Gasteiger partial charge in [0.15, 0.2) is 11.8 Å². The highest BCUT2D eigenvalue weighted by molar-refractivity contribution is 14.0. The summed E-state index contributed by atoms with van der Waals surface area (Å²) in [5, 5.41) is 11.2. The van der Waals surface area contributed by atoms with Gasteiger partial charge in [-0.2, -0.15) is 5.10 Å². The predicted octanol–water partition coefficient (Wildman–Crippen LogP) is 4.07. The third kappa shape index (κ3) is 6.28. The van der Waals surface area contributed by atoms with Gasteiger partial charge in [-0.1, -0.05) is 30.3 Å². The van der Waals surface area contributed by atoms with E-state index in [0.29, 0.717) is 6.54 Å². The average molecular weight is 504 g/mol. The first-order valence-corrected chi connectivity index (χ1v) is 9.62. The summed E-state index contributed by atoms with van der Waals surface area (Å²) in [6, 6.07) is 14.4. The number of benzene rings is 1. The predicted molar refractivity (Wildman–Crippen MR) is 129 cm³/mol. The molecule has 29 heavy (non-hydrogen) atoms. The van der Waals surface area contributed by atoms with E-state index < -0.39 is 0 Å². The van der Waals surface area contributed by atoms with Crippen LogP contribution in [-0.4, -0.2) is 27.3 Å². The lowest BCUT2D eigenvalue weighted by Gasteiger charge is -2.12. The first-order chi connectivity index (χ1) is 13.6. The van der Waals surface area contributed by atoms with Crippen LogP contribution >= 0.6 is 24.0 Å². The SMILES string of the molecule is CCNC(=NCc1ccc(-n2nc(C)cc2C)nc1)NCc1ccccc1C.I. The van der Waals surface area contributed by atoms with E-state index in [1.54, 1.807) is 0 Å². The van der Waals surface area contributed by atoms with Crippen LogP contribution in [0.4, 0.5) is 0 Å². The number of halogens is 1. The second kappa shape index (κ2) is 10.9. The molecular weight excluding hydrogens is 475 g/mol. The molecule has 0 aliphatic rings. The van der Waals surface area contributed by atoms with Crippen molar-refractivity contribution in [3.63, 3.8) is 0 Å². The molecule has 6 nitrogen and oxygen atoms in total. The molecule has 7 heteroatoms. The molecule has 0 bridgehead atoms. The molecule has 0 aliphatic heterocycles. The minimum absolute atomic E-state index is 0. The molecule has 3 rings (SSSR count). The summed E-state index contributed by atoms with van der Waals surface area (Å²) in [4.78, 5) is 9.23. The number of aryl methyl sites for hydroxylation is 3. The number of nitrogens with one attached hydrogen (secondary N) is 2. The molecule has 0 fully saturated rings. The molecule has 3 aromatic rings. The van der Waals surface area contributed by atoms with E-state index in [-0.39, 0.29) is 24.0 Å². The minimum Gasteiger partial charge on any atom is -0.357 e. The molecule has 0 radical (unpaired) electrons. The van der Waals surface area contributed by atoms with E-state index in [0.717, 1.165) is 41.8 Å². The number of nitrogens with zero attached hydrogens (tertiary/aromatic N) is 4. The van der Waals surface area contributed by atoms with E-state index in [4.69, 9.17) is 0 Å². The van der Waals surface area contributed by atoms with Gasteiger partial charge in [0.2, 0.25) is 0 Å². The van der Waals surface area contributed by atoms with Gasteiger partial charge in [0.1, 0.15) is 0 Å². The second-order valence-corrected chi connectivity index (χ2v) is 6.84. The molecule has 1 aromatic carbocycles. The second-order valence-electron chi connectivity index (χ2n) is 6.84. The van der Waals surface area contributed by atoms with Gasteiger partial charge >= 0.3 is 0 Å². The lowest BCUT2D eigenvalue weighted by Crippen LogP contribution is -2.36. The fourth-order valence-electron chi connectivity index (χ4n) is 3.00. The third-order valence-electron chi connectivity index (χ3n) is 4.51. The molecule has 2 heterocycles. The van der Waals surface area contributed by atoms with Crippen molar-refractivity contribution in [3.05, 3.63) is 76.7 Å². The van der Waals surface area contributed by atoms with Crippen LogP contribution in [0.2, 0.25) is 0 Å². The van der Waals surface area contributed by atoms with Crippen LogP contribution in [0, 0.1) is 20.8 Å². The summed E-state index contributed by atoms with van der Waals surface area (Å²) >= 11 is 0. The van der Waals surface area contributed by atoms with Crippen molar-refractivity contribution in [1.82, 2.24) is 25.4 Å². The largest absolute Gasteiger partial charge is 0.357 e. The van der Waals surface area contributed by atoms with E-state index in [1.165, 1.54) is 11.1 Å². The molecule has 2 N–H and O–H groups in total. The summed E-state index contributed by atoms with van der Waals surface area (Å²) in [5.41, 5.74) is 5.66. The zero-order valence-corrected chi connectivity index (χ0v) is 19.8. The first kappa shape index (κ1) is 22.9. The average Bonchev–Trinajstić information content (AvgIpc) is 3.03. The Balaban J connectivity index is 0.00000300. The summed E-state index contributed by atoms with van der Waals surface area (Å²) < 4.78 is 1.86. The molecule has 0 spiro atoms. The molecule has 0 saturated heterocycles. The van der Waals surface area contributed by atoms with Crippen molar-refractivity contribution >= 4 is 29.9 Å². The Labute approximate surface area is 189 Å². The van der Waals surface area contributed by atoms with Gasteiger partial charge in [0.05, 0.1) is 12.2 Å². The topological polar surface area (TPSA) is 67.1 Å². The Bertz CT molecular complexity index is 946. The van der Waals surface area contributed by atoms with Crippen molar-refractivity contribution in [2.45, 2.75) is 40.8 Å². The van der Waals surface area contributed by atoms with Crippen LogP contribution in [-0.2, 0) is 13.1 Å². The van der Waals surface area contributed by atoms with E-state index in [2.05, 4.69) is 63.8 Å². The minimum atomic E-state index is 0. The first-order valence-electron chi connectivity index (χ1n) is 9.62. The fourth-order valence-corrected chi connectivity index (χ4v) is 3.00. The standard InChI is InChI=1S/C22H28N6.HI/c1-5-23-22(26-15-20-9-7-6-8-16(20)2)25-14-19-10-11-21(24-13-19)28-18(4)12-17(3)27-28;/h6-13H,5,14-15H2,1-4H3,(H2,23,25,26);1H. The van der Waals surface area contributed by atoms with Gasteiger partial charge in [-0.25, -0.2) is 14.7 Å². The van der Waals surface area contributed by atoms with Crippen LogP contribution < -0.4 is 10.6 Å². The number of hydrogen-bond donors (Lipinski definition) is 2. The maximum absolute atomic E-state index is 4.68. The highest BCUT2D eigenvalue weighted by Crippen LogP contribution is 2.11. The maximum Gasteiger partial charge on any atom is 0.191 e. The van der Waals surface area contributed by atoms with Gasteiger partial charge in [0, 0.05) is 25.0 Å². The molecule has 2 aromatic heterocycles. The molecule has 0 amide bonds. The Morgan fingerprint density at radius 1 is 1.07 bits per heavy atom. The van der Waals surface area contributed by atoms with Crippen LogP contribution in [0.15, 0.2) is 53.7 Å². The number of pyridine rings is 1. The van der Waals surface area contributed by atoms with E-state index in [1.807, 2.05) is 42.9 Å². The zero-order chi connectivity index (χ0) is 19.9. The smallest absolute Gasteiger partial charge is 0.191 e. The number of guanidine groups is 1. The van der Waals surface area contributed by atoms with Crippen molar-refractivity contribution in [2.24, 2.45) is 4.99 Å². The Morgan fingerprint density at radius 2 is 1.86 bits per heavy atom. The van der Waals surface area contributed by atoms with Crippen LogP contribution in [0.1, 0.15) is 35.0 Å². The molecule has 0 saturated carbocycles. The van der Waals surface area contributed by atoms with Crippen LogP contribution in [0.25, 0.3) is 5.82 Å². The van der Waals surface area contributed by atoms with Crippen LogP contribution in [0.5, 0.6) is 0 Å². The summed E-state index contributed by atoms with van der Waals surface area (Å²) in [6.07, 6.45) is 1.86. The lowest BCUT2D eigenvalue weighted by molar-refractivity contribution is 0.799. The number of hydrogen-bond acceptors (Lipinski definition) is 3. The number of aliphatic imine (C=N–C) groups is 1. The third-order valence-corrected chi connectivity index (χ3v) is 4.51. The highest BCUT2D eigenvalue weighted by Gasteiger charge is 2.05. The normalized spacial score (nSPS) is 11.1. The summed E-state index contributed by atoms with van der Waals surface area (Å²) in [7, 11) is 0. The molecule has 0 aliphatic carbocycles. The lowest BCUT2D eigenvalue weighted by atomic mass is 10.1. The molecule has 154 valence electrons. The molecule has 0 atom stereocenters. The number of rotatable bonds is 6. The molecular formula is C22H29IN6. The highest BCUT2D eigenvalue weighted by atomic mass is 127. The van der Waals surface area contributed by atoms with E-state index in [9.17, 15) is 0 Å². The quantitative estimate of drug-likeness (QED) is 0.302. The van der Waals surface area contributed by atoms with Gasteiger partial charge in [0.25, 0.3) is 0 Å². The van der Waals surface area contributed by atoms with Crippen molar-refractivity contribution in [3.8, 4) is 5.82 Å². The van der Waals surface area contributed by atoms with Gasteiger partial charge in [-0.05, 0) is 56.5 Å². The van der Waals surface area contributed by atoms with Crippen molar-refractivity contribution in [1.29, 1.82) is 0 Å². The molecule has 0 unspecified atom stereocenters. The zero-order valence-electron chi connectivity index (χ0n) is 17.4.